The third-order valence-electron chi connectivity index (χ3n) is 4.77. The predicted octanol–water partition coefficient (Wildman–Crippen LogP) is 3.02. The lowest BCUT2D eigenvalue weighted by Gasteiger charge is -2.32. The Kier molecular flexibility index (Phi) is 6.84. The van der Waals surface area contributed by atoms with Crippen LogP contribution in [0.2, 0.25) is 0 Å². The van der Waals surface area contributed by atoms with Crippen molar-refractivity contribution >= 4 is 6.03 Å². The van der Waals surface area contributed by atoms with E-state index < -0.39 is 0 Å². The molecule has 1 aliphatic carbocycles. The largest absolute Gasteiger partial charge is 0.394 e. The molecule has 23 heavy (non-hydrogen) atoms. The standard InChI is InChI=1S/C18H29N3O2/c1-13(2)16(12-22)20-18(23)21-17(14-7-4-3-5-8-14)15-9-6-10-19-11-15/h6,9-11,13-14,16-17,22H,3-5,7-8,12H2,1-2H3,(H2,20,21,23)/t16-,17?/m1/s1. The Labute approximate surface area is 138 Å². The maximum Gasteiger partial charge on any atom is 0.315 e. The number of aromatic nitrogens is 1. The van der Waals surface area contributed by atoms with Crippen molar-refractivity contribution in [2.75, 3.05) is 6.61 Å². The van der Waals surface area contributed by atoms with Crippen LogP contribution in [0.15, 0.2) is 24.5 Å². The zero-order valence-corrected chi connectivity index (χ0v) is 14.2. The highest BCUT2D eigenvalue weighted by atomic mass is 16.3. The van der Waals surface area contributed by atoms with E-state index in [-0.39, 0.29) is 30.6 Å². The minimum atomic E-state index is -0.226. The summed E-state index contributed by atoms with van der Waals surface area (Å²) in [4.78, 5) is 16.6. The molecule has 128 valence electrons. The van der Waals surface area contributed by atoms with Crippen molar-refractivity contribution in [3.8, 4) is 0 Å². The van der Waals surface area contributed by atoms with Gasteiger partial charge in [0, 0.05) is 12.4 Å². The molecule has 2 rings (SSSR count). The molecule has 1 aliphatic rings. The number of hydrogen-bond acceptors (Lipinski definition) is 3. The number of carbonyl (C=O) groups excluding carboxylic acids is 1. The van der Waals surface area contributed by atoms with Gasteiger partial charge in [-0.3, -0.25) is 4.98 Å². The number of urea groups is 1. The molecule has 0 aromatic carbocycles. The third kappa shape index (κ3) is 5.20. The van der Waals surface area contributed by atoms with E-state index in [1.165, 1.54) is 19.3 Å². The number of carbonyl (C=O) groups is 1. The molecule has 1 saturated carbocycles. The summed E-state index contributed by atoms with van der Waals surface area (Å²) in [5, 5.41) is 15.4. The van der Waals surface area contributed by atoms with Gasteiger partial charge in [-0.05, 0) is 36.3 Å². The van der Waals surface area contributed by atoms with Crippen LogP contribution >= 0.6 is 0 Å². The highest BCUT2D eigenvalue weighted by Gasteiger charge is 2.27. The molecular weight excluding hydrogens is 290 g/mol. The van der Waals surface area contributed by atoms with Crippen molar-refractivity contribution in [1.29, 1.82) is 0 Å². The second kappa shape index (κ2) is 8.87. The first kappa shape index (κ1) is 17.7. The van der Waals surface area contributed by atoms with E-state index in [9.17, 15) is 9.90 Å². The summed E-state index contributed by atoms with van der Waals surface area (Å²) in [7, 11) is 0. The number of hydrogen-bond donors (Lipinski definition) is 3. The van der Waals surface area contributed by atoms with Gasteiger partial charge in [0.2, 0.25) is 0 Å². The molecule has 1 fully saturated rings. The van der Waals surface area contributed by atoms with Crippen LogP contribution in [0, 0.1) is 11.8 Å². The number of amides is 2. The summed E-state index contributed by atoms with van der Waals surface area (Å²) in [5.74, 6) is 0.641. The van der Waals surface area contributed by atoms with E-state index in [2.05, 4.69) is 15.6 Å². The second-order valence-corrected chi connectivity index (χ2v) is 6.81. The highest BCUT2D eigenvalue weighted by Crippen LogP contribution is 2.34. The van der Waals surface area contributed by atoms with Gasteiger partial charge in [-0.1, -0.05) is 39.2 Å². The van der Waals surface area contributed by atoms with Crippen molar-refractivity contribution in [1.82, 2.24) is 15.6 Å². The fourth-order valence-electron chi connectivity index (χ4n) is 3.28. The van der Waals surface area contributed by atoms with E-state index in [1.54, 1.807) is 6.20 Å². The molecule has 2 amide bonds. The molecule has 5 heteroatoms. The molecule has 2 atom stereocenters. The number of nitrogens with zero attached hydrogens (tertiary/aromatic N) is 1. The molecule has 3 N–H and O–H groups in total. The minimum Gasteiger partial charge on any atom is -0.394 e. The third-order valence-corrected chi connectivity index (χ3v) is 4.77. The molecule has 1 heterocycles. The normalized spacial score (nSPS) is 18.4. The van der Waals surface area contributed by atoms with Crippen LogP contribution in [0.25, 0.3) is 0 Å². The first-order chi connectivity index (χ1) is 11.1. The van der Waals surface area contributed by atoms with Crippen LogP contribution in [-0.4, -0.2) is 28.8 Å². The summed E-state index contributed by atoms with van der Waals surface area (Å²) in [5.41, 5.74) is 1.06. The Morgan fingerprint density at radius 2 is 2.04 bits per heavy atom. The molecule has 0 spiro atoms. The molecule has 0 aliphatic heterocycles. The average molecular weight is 319 g/mol. The monoisotopic (exact) mass is 319 g/mol. The molecule has 0 saturated heterocycles. The zero-order valence-electron chi connectivity index (χ0n) is 14.2. The Morgan fingerprint density at radius 1 is 1.30 bits per heavy atom. The van der Waals surface area contributed by atoms with Crippen LogP contribution in [0.3, 0.4) is 0 Å². The quantitative estimate of drug-likeness (QED) is 0.754. The number of rotatable bonds is 6. The fraction of sp³-hybridized carbons (Fsp3) is 0.667. The van der Waals surface area contributed by atoms with Crippen LogP contribution in [-0.2, 0) is 0 Å². The lowest BCUT2D eigenvalue weighted by Crippen LogP contribution is -2.48. The predicted molar refractivity (Wildman–Crippen MR) is 90.9 cm³/mol. The molecule has 0 bridgehead atoms. The summed E-state index contributed by atoms with van der Waals surface area (Å²) in [6.45, 7) is 3.92. The van der Waals surface area contributed by atoms with Gasteiger partial charge in [0.1, 0.15) is 0 Å². The molecule has 5 nitrogen and oxygen atoms in total. The maximum atomic E-state index is 12.4. The molecule has 0 radical (unpaired) electrons. The maximum absolute atomic E-state index is 12.4. The van der Waals surface area contributed by atoms with Crippen LogP contribution in [0.4, 0.5) is 4.79 Å². The van der Waals surface area contributed by atoms with Crippen molar-refractivity contribution in [3.63, 3.8) is 0 Å². The van der Waals surface area contributed by atoms with E-state index in [0.29, 0.717) is 5.92 Å². The Balaban J connectivity index is 2.06. The first-order valence-corrected chi connectivity index (χ1v) is 8.69. The number of aliphatic hydroxyl groups excluding tert-OH is 1. The number of pyridine rings is 1. The van der Waals surface area contributed by atoms with Gasteiger partial charge in [-0.15, -0.1) is 0 Å². The minimum absolute atomic E-state index is 0.0181. The van der Waals surface area contributed by atoms with Crippen LogP contribution in [0.1, 0.15) is 57.6 Å². The van der Waals surface area contributed by atoms with Gasteiger partial charge in [0.15, 0.2) is 0 Å². The molecule has 1 unspecified atom stereocenters. The van der Waals surface area contributed by atoms with E-state index in [1.807, 2.05) is 32.2 Å². The average Bonchev–Trinajstić information content (AvgIpc) is 2.59. The van der Waals surface area contributed by atoms with Crippen molar-refractivity contribution in [3.05, 3.63) is 30.1 Å². The number of nitrogens with one attached hydrogen (secondary N) is 2. The van der Waals surface area contributed by atoms with Gasteiger partial charge in [-0.25, -0.2) is 4.79 Å². The molecule has 1 aromatic heterocycles. The van der Waals surface area contributed by atoms with Crippen LogP contribution in [0.5, 0.6) is 0 Å². The summed E-state index contributed by atoms with van der Waals surface area (Å²) in [6.07, 6.45) is 9.57. The highest BCUT2D eigenvalue weighted by molar-refractivity contribution is 5.74. The topological polar surface area (TPSA) is 74.2 Å². The van der Waals surface area contributed by atoms with E-state index >= 15 is 0 Å². The van der Waals surface area contributed by atoms with Crippen LogP contribution < -0.4 is 10.6 Å². The SMILES string of the molecule is CC(C)[C@@H](CO)NC(=O)NC(c1cccnc1)C1CCCCC1. The first-order valence-electron chi connectivity index (χ1n) is 8.69. The smallest absolute Gasteiger partial charge is 0.315 e. The zero-order chi connectivity index (χ0) is 16.7. The van der Waals surface area contributed by atoms with Gasteiger partial charge < -0.3 is 15.7 Å². The lowest BCUT2D eigenvalue weighted by molar-refractivity contribution is 0.190. The van der Waals surface area contributed by atoms with Crippen molar-refractivity contribution < 1.29 is 9.90 Å². The lowest BCUT2D eigenvalue weighted by atomic mass is 9.81. The Hall–Kier alpha value is -1.62. The van der Waals surface area contributed by atoms with Crippen molar-refractivity contribution in [2.24, 2.45) is 11.8 Å². The van der Waals surface area contributed by atoms with Gasteiger partial charge >= 0.3 is 6.03 Å². The van der Waals surface area contributed by atoms with Gasteiger partial charge in [0.25, 0.3) is 0 Å². The summed E-state index contributed by atoms with van der Waals surface area (Å²) >= 11 is 0. The van der Waals surface area contributed by atoms with E-state index in [4.69, 9.17) is 0 Å². The summed E-state index contributed by atoms with van der Waals surface area (Å²) in [6, 6.07) is 3.48. The summed E-state index contributed by atoms with van der Waals surface area (Å²) < 4.78 is 0. The second-order valence-electron chi connectivity index (χ2n) is 6.81. The Bertz CT molecular complexity index is 472. The molecule has 1 aromatic rings. The fourth-order valence-corrected chi connectivity index (χ4v) is 3.28. The van der Waals surface area contributed by atoms with Gasteiger partial charge in [0.05, 0.1) is 18.7 Å². The number of aliphatic hydroxyl groups is 1. The Morgan fingerprint density at radius 3 is 2.61 bits per heavy atom. The molecular formula is C18H29N3O2. The van der Waals surface area contributed by atoms with Crippen molar-refractivity contribution in [2.45, 2.75) is 58.0 Å². The van der Waals surface area contributed by atoms with E-state index in [0.717, 1.165) is 18.4 Å². The van der Waals surface area contributed by atoms with Gasteiger partial charge in [-0.2, -0.15) is 0 Å².